The maximum Gasteiger partial charge on any atom is 0.0578 e. The van der Waals surface area contributed by atoms with E-state index >= 15 is 0 Å². The summed E-state index contributed by atoms with van der Waals surface area (Å²) in [7, 11) is 0. The SMILES string of the molecule is NC1CCCC(NC(c2ccccc2)c2ccccc2)C1. The predicted octanol–water partition coefficient (Wildman–Crippen LogP) is 3.64. The van der Waals surface area contributed by atoms with Gasteiger partial charge in [0.1, 0.15) is 0 Å². The Morgan fingerprint density at radius 2 is 1.43 bits per heavy atom. The Morgan fingerprint density at radius 1 is 0.857 bits per heavy atom. The largest absolute Gasteiger partial charge is 0.328 e. The van der Waals surface area contributed by atoms with E-state index in [0.29, 0.717) is 12.1 Å². The monoisotopic (exact) mass is 280 g/mol. The molecule has 0 amide bonds. The summed E-state index contributed by atoms with van der Waals surface area (Å²) in [5.41, 5.74) is 8.78. The van der Waals surface area contributed by atoms with Gasteiger partial charge >= 0.3 is 0 Å². The van der Waals surface area contributed by atoms with Crippen LogP contribution >= 0.6 is 0 Å². The minimum absolute atomic E-state index is 0.252. The lowest BCUT2D eigenvalue weighted by atomic mass is 9.89. The van der Waals surface area contributed by atoms with Crippen molar-refractivity contribution in [1.29, 1.82) is 0 Å². The Morgan fingerprint density at radius 3 is 1.95 bits per heavy atom. The second-order valence-corrected chi connectivity index (χ2v) is 6.04. The van der Waals surface area contributed by atoms with Gasteiger partial charge in [-0.2, -0.15) is 0 Å². The fourth-order valence-electron chi connectivity index (χ4n) is 3.29. The first-order valence-corrected chi connectivity index (χ1v) is 7.94. The van der Waals surface area contributed by atoms with Gasteiger partial charge in [-0.25, -0.2) is 0 Å². The van der Waals surface area contributed by atoms with Gasteiger partial charge < -0.3 is 11.1 Å². The fraction of sp³-hybridized carbons (Fsp3) is 0.368. The molecule has 2 atom stereocenters. The highest BCUT2D eigenvalue weighted by Gasteiger charge is 2.23. The van der Waals surface area contributed by atoms with Crippen molar-refractivity contribution in [3.05, 3.63) is 71.8 Å². The first-order chi connectivity index (χ1) is 10.3. The zero-order valence-corrected chi connectivity index (χ0v) is 12.4. The molecule has 1 saturated carbocycles. The summed E-state index contributed by atoms with van der Waals surface area (Å²) in [6, 6.07) is 22.5. The molecule has 2 heteroatoms. The molecule has 0 spiro atoms. The topological polar surface area (TPSA) is 38.0 Å². The molecule has 0 saturated heterocycles. The molecule has 1 aliphatic carbocycles. The first-order valence-electron chi connectivity index (χ1n) is 7.94. The molecule has 2 aromatic carbocycles. The number of nitrogens with one attached hydrogen (secondary N) is 1. The number of rotatable bonds is 4. The molecule has 1 aliphatic rings. The van der Waals surface area contributed by atoms with Crippen LogP contribution in [-0.4, -0.2) is 12.1 Å². The zero-order chi connectivity index (χ0) is 14.5. The van der Waals surface area contributed by atoms with Crippen molar-refractivity contribution >= 4 is 0 Å². The smallest absolute Gasteiger partial charge is 0.0578 e. The Kier molecular flexibility index (Phi) is 4.69. The molecule has 0 heterocycles. The van der Waals surface area contributed by atoms with Crippen molar-refractivity contribution in [2.75, 3.05) is 0 Å². The number of benzene rings is 2. The van der Waals surface area contributed by atoms with E-state index in [2.05, 4.69) is 66.0 Å². The minimum Gasteiger partial charge on any atom is -0.328 e. The van der Waals surface area contributed by atoms with Gasteiger partial charge in [-0.1, -0.05) is 67.1 Å². The van der Waals surface area contributed by atoms with Crippen molar-refractivity contribution in [3.63, 3.8) is 0 Å². The summed E-state index contributed by atoms with van der Waals surface area (Å²) in [6.45, 7) is 0. The summed E-state index contributed by atoms with van der Waals surface area (Å²) in [4.78, 5) is 0. The van der Waals surface area contributed by atoms with E-state index in [0.717, 1.165) is 6.42 Å². The van der Waals surface area contributed by atoms with Gasteiger partial charge in [0.05, 0.1) is 6.04 Å². The van der Waals surface area contributed by atoms with Crippen molar-refractivity contribution in [2.45, 2.75) is 43.8 Å². The van der Waals surface area contributed by atoms with Gasteiger partial charge in [-0.15, -0.1) is 0 Å². The third kappa shape index (κ3) is 3.72. The van der Waals surface area contributed by atoms with Gasteiger partial charge in [0.25, 0.3) is 0 Å². The van der Waals surface area contributed by atoms with Crippen molar-refractivity contribution in [3.8, 4) is 0 Å². The number of hydrogen-bond donors (Lipinski definition) is 2. The molecule has 2 unspecified atom stereocenters. The Balaban J connectivity index is 1.83. The summed E-state index contributed by atoms with van der Waals surface area (Å²) in [6.07, 6.45) is 4.70. The van der Waals surface area contributed by atoms with Crippen LogP contribution in [0.5, 0.6) is 0 Å². The molecule has 2 nitrogen and oxygen atoms in total. The van der Waals surface area contributed by atoms with E-state index in [1.165, 1.54) is 30.4 Å². The van der Waals surface area contributed by atoms with Crippen LogP contribution in [0.1, 0.15) is 42.9 Å². The highest BCUT2D eigenvalue weighted by molar-refractivity contribution is 5.31. The molecular formula is C19H24N2. The average Bonchev–Trinajstić information content (AvgIpc) is 2.54. The van der Waals surface area contributed by atoms with E-state index in [4.69, 9.17) is 5.73 Å². The van der Waals surface area contributed by atoms with Gasteiger partial charge in [-0.3, -0.25) is 0 Å². The molecule has 3 rings (SSSR count). The average molecular weight is 280 g/mol. The number of nitrogens with two attached hydrogens (primary N) is 1. The summed E-state index contributed by atoms with van der Waals surface area (Å²) in [5, 5.41) is 3.84. The molecule has 0 aromatic heterocycles. The van der Waals surface area contributed by atoms with Gasteiger partial charge in [0.2, 0.25) is 0 Å². The second kappa shape index (κ2) is 6.88. The third-order valence-corrected chi connectivity index (χ3v) is 4.38. The Bertz CT molecular complexity index is 499. The standard InChI is InChI=1S/C19H24N2/c20-17-12-7-13-18(14-17)21-19(15-8-3-1-4-9-15)16-10-5-2-6-11-16/h1-6,8-11,17-19,21H,7,12-14,20H2. The summed E-state index contributed by atoms with van der Waals surface area (Å²) < 4.78 is 0. The quantitative estimate of drug-likeness (QED) is 0.897. The minimum atomic E-state index is 0.252. The van der Waals surface area contributed by atoms with Crippen molar-refractivity contribution in [1.82, 2.24) is 5.32 Å². The molecule has 21 heavy (non-hydrogen) atoms. The first kappa shape index (κ1) is 14.3. The lowest BCUT2D eigenvalue weighted by Crippen LogP contribution is -2.41. The van der Waals surface area contributed by atoms with Crippen LogP contribution in [0, 0.1) is 0 Å². The van der Waals surface area contributed by atoms with Crippen molar-refractivity contribution in [2.24, 2.45) is 5.73 Å². The molecule has 3 N–H and O–H groups in total. The highest BCUT2D eigenvalue weighted by Crippen LogP contribution is 2.26. The molecule has 2 aromatic rings. The predicted molar refractivity (Wildman–Crippen MR) is 88.1 cm³/mol. The maximum absolute atomic E-state index is 6.14. The molecule has 0 bridgehead atoms. The normalized spacial score (nSPS) is 22.4. The summed E-state index contributed by atoms with van der Waals surface area (Å²) in [5.74, 6) is 0. The summed E-state index contributed by atoms with van der Waals surface area (Å²) >= 11 is 0. The van der Waals surface area contributed by atoms with Crippen LogP contribution < -0.4 is 11.1 Å². The second-order valence-electron chi connectivity index (χ2n) is 6.04. The maximum atomic E-state index is 6.14. The molecule has 110 valence electrons. The molecule has 0 aliphatic heterocycles. The lowest BCUT2D eigenvalue weighted by molar-refractivity contribution is 0.325. The van der Waals surface area contributed by atoms with Crippen LogP contribution in [0.4, 0.5) is 0 Å². The van der Waals surface area contributed by atoms with E-state index < -0.39 is 0 Å². The molecule has 1 fully saturated rings. The van der Waals surface area contributed by atoms with Crippen LogP contribution in [0.15, 0.2) is 60.7 Å². The molecular weight excluding hydrogens is 256 g/mol. The van der Waals surface area contributed by atoms with Crippen LogP contribution in [0.2, 0.25) is 0 Å². The third-order valence-electron chi connectivity index (χ3n) is 4.38. The van der Waals surface area contributed by atoms with Crippen LogP contribution in [-0.2, 0) is 0 Å². The van der Waals surface area contributed by atoms with Gasteiger partial charge in [0.15, 0.2) is 0 Å². The van der Waals surface area contributed by atoms with E-state index in [1.54, 1.807) is 0 Å². The highest BCUT2D eigenvalue weighted by atomic mass is 15.0. The Hall–Kier alpha value is -1.64. The van der Waals surface area contributed by atoms with Crippen molar-refractivity contribution < 1.29 is 0 Å². The fourth-order valence-corrected chi connectivity index (χ4v) is 3.29. The van der Waals surface area contributed by atoms with Crippen LogP contribution in [0.3, 0.4) is 0 Å². The van der Waals surface area contributed by atoms with E-state index in [9.17, 15) is 0 Å². The zero-order valence-electron chi connectivity index (χ0n) is 12.4. The van der Waals surface area contributed by atoms with E-state index in [1.807, 2.05) is 0 Å². The number of hydrogen-bond acceptors (Lipinski definition) is 2. The molecule has 0 radical (unpaired) electrons. The van der Waals surface area contributed by atoms with Gasteiger partial charge in [-0.05, 0) is 30.4 Å². The Labute approximate surface area is 127 Å². The van der Waals surface area contributed by atoms with E-state index in [-0.39, 0.29) is 6.04 Å². The lowest BCUT2D eigenvalue weighted by Gasteiger charge is -2.32. The van der Waals surface area contributed by atoms with Crippen LogP contribution in [0.25, 0.3) is 0 Å². The van der Waals surface area contributed by atoms with Gasteiger partial charge in [0, 0.05) is 12.1 Å².